The number of allylic oxidation sites excluding steroid dienone is 1. The Morgan fingerprint density at radius 2 is 1.55 bits per heavy atom. The lowest BCUT2D eigenvalue weighted by atomic mass is 9.85. The van der Waals surface area contributed by atoms with Crippen molar-refractivity contribution in [3.05, 3.63) is 103 Å². The Morgan fingerprint density at radius 3 is 2.33 bits per heavy atom. The summed E-state index contributed by atoms with van der Waals surface area (Å²) in [6, 6.07) is 30.5. The van der Waals surface area contributed by atoms with Gasteiger partial charge in [0.1, 0.15) is 22.5 Å². The van der Waals surface area contributed by atoms with Gasteiger partial charge < -0.3 is 4.42 Å². The number of benzene rings is 4. The second-order valence-electron chi connectivity index (χ2n) is 11.9. The normalized spacial score (nSPS) is 12.1. The molecule has 0 radical (unpaired) electrons. The van der Waals surface area contributed by atoms with Gasteiger partial charge in [-0.05, 0) is 48.1 Å². The molecule has 3 nitrogen and oxygen atoms in total. The maximum atomic E-state index is 6.75. The number of nitrogens with zero attached hydrogens (tertiary/aromatic N) is 2. The predicted molar refractivity (Wildman–Crippen MR) is 169 cm³/mol. The van der Waals surface area contributed by atoms with Crippen LogP contribution in [0.25, 0.3) is 55.7 Å². The van der Waals surface area contributed by atoms with E-state index in [1.165, 1.54) is 22.3 Å². The van der Waals surface area contributed by atoms with Crippen molar-refractivity contribution in [3.8, 4) is 17.1 Å². The molecule has 0 fully saturated rings. The van der Waals surface area contributed by atoms with Crippen LogP contribution in [0.4, 0.5) is 0 Å². The molecule has 4 aromatic carbocycles. The second-order valence-corrected chi connectivity index (χ2v) is 11.9. The molecule has 0 bridgehead atoms. The Kier molecular flexibility index (Phi) is 6.62. The number of fused-ring (bicyclic) bond motifs is 4. The van der Waals surface area contributed by atoms with Crippen LogP contribution in [0, 0.1) is 0 Å². The molecule has 0 aliphatic heterocycles. The quantitative estimate of drug-likeness (QED) is 0.189. The summed E-state index contributed by atoms with van der Waals surface area (Å²) in [4.78, 5) is 0. The minimum atomic E-state index is -0.0396. The summed E-state index contributed by atoms with van der Waals surface area (Å²) in [7, 11) is 0. The molecule has 202 valence electrons. The number of rotatable bonds is 7. The summed E-state index contributed by atoms with van der Waals surface area (Å²) in [5.41, 5.74) is 10.2. The number of hydrogen-bond donors (Lipinski definition) is 0. The summed E-state index contributed by atoms with van der Waals surface area (Å²) in [6.45, 7) is 16.0. The van der Waals surface area contributed by atoms with E-state index in [0.717, 1.165) is 70.2 Å². The first kappa shape index (κ1) is 26.1. The van der Waals surface area contributed by atoms with E-state index in [-0.39, 0.29) is 5.41 Å². The summed E-state index contributed by atoms with van der Waals surface area (Å²) in [5, 5.41) is 2.30. The van der Waals surface area contributed by atoms with E-state index in [2.05, 4.69) is 135 Å². The third-order valence-electron chi connectivity index (χ3n) is 7.97. The minimum absolute atomic E-state index is 0.0396. The van der Waals surface area contributed by atoms with Crippen LogP contribution in [0.15, 0.2) is 95.9 Å². The molecule has 0 atom stereocenters. The SMILES string of the molecule is C=C(CCC)n1c(-c2c(CCC)ccc3c2oc2ccccc23)[n+](-c2ccccc2C(C)(C)C)c2ccccc21. The largest absolute Gasteiger partial charge is 0.455 e. The van der Waals surface area contributed by atoms with Crippen molar-refractivity contribution in [1.29, 1.82) is 0 Å². The van der Waals surface area contributed by atoms with Crippen LogP contribution in [0.3, 0.4) is 0 Å². The van der Waals surface area contributed by atoms with Crippen LogP contribution >= 0.6 is 0 Å². The fraction of sp³-hybridized carbons (Fsp3) is 0.270. The summed E-state index contributed by atoms with van der Waals surface area (Å²) < 4.78 is 11.6. The van der Waals surface area contributed by atoms with Crippen molar-refractivity contribution in [3.63, 3.8) is 0 Å². The highest BCUT2D eigenvalue weighted by Gasteiger charge is 2.35. The highest BCUT2D eigenvalue weighted by Crippen LogP contribution is 2.41. The molecule has 0 unspecified atom stereocenters. The van der Waals surface area contributed by atoms with Gasteiger partial charge in [-0.2, -0.15) is 9.13 Å². The molecular formula is C37H39N2O+. The fourth-order valence-electron chi connectivity index (χ4n) is 6.21. The lowest BCUT2D eigenvalue weighted by Gasteiger charge is -2.22. The van der Waals surface area contributed by atoms with Crippen LogP contribution in [-0.4, -0.2) is 4.57 Å². The Balaban J connectivity index is 1.86. The van der Waals surface area contributed by atoms with Crippen molar-refractivity contribution in [2.24, 2.45) is 0 Å². The van der Waals surface area contributed by atoms with Crippen molar-refractivity contribution in [2.45, 2.75) is 65.7 Å². The Morgan fingerprint density at radius 1 is 0.825 bits per heavy atom. The molecule has 6 aromatic rings. The summed E-state index contributed by atoms with van der Waals surface area (Å²) in [5.74, 6) is 1.12. The van der Waals surface area contributed by atoms with Crippen LogP contribution in [0.5, 0.6) is 0 Å². The number of furan rings is 1. The Bertz CT molecular complexity index is 1880. The molecular weight excluding hydrogens is 488 g/mol. The van der Waals surface area contributed by atoms with E-state index in [1.54, 1.807) is 0 Å². The molecule has 2 aromatic heterocycles. The first-order chi connectivity index (χ1) is 19.3. The van der Waals surface area contributed by atoms with Crippen molar-refractivity contribution in [1.82, 2.24) is 4.57 Å². The molecule has 2 heterocycles. The first-order valence-corrected chi connectivity index (χ1v) is 14.6. The molecule has 0 amide bonds. The smallest absolute Gasteiger partial charge is 0.304 e. The molecule has 0 saturated heterocycles. The zero-order valence-corrected chi connectivity index (χ0v) is 24.4. The second kappa shape index (κ2) is 10.1. The molecule has 0 aliphatic carbocycles. The summed E-state index contributed by atoms with van der Waals surface area (Å²) >= 11 is 0. The molecule has 0 aliphatic rings. The lowest BCUT2D eigenvalue weighted by molar-refractivity contribution is -0.556. The number of hydrogen-bond acceptors (Lipinski definition) is 1. The number of imidazole rings is 1. The van der Waals surface area contributed by atoms with Crippen molar-refractivity contribution in [2.75, 3.05) is 0 Å². The molecule has 40 heavy (non-hydrogen) atoms. The number of para-hydroxylation sites is 4. The average molecular weight is 528 g/mol. The maximum Gasteiger partial charge on any atom is 0.304 e. The van der Waals surface area contributed by atoms with E-state index in [1.807, 2.05) is 0 Å². The highest BCUT2D eigenvalue weighted by molar-refractivity contribution is 6.10. The lowest BCUT2D eigenvalue weighted by Crippen LogP contribution is -2.36. The highest BCUT2D eigenvalue weighted by atomic mass is 16.3. The van der Waals surface area contributed by atoms with Gasteiger partial charge in [-0.15, -0.1) is 0 Å². The van der Waals surface area contributed by atoms with E-state index < -0.39 is 0 Å². The van der Waals surface area contributed by atoms with Crippen molar-refractivity contribution >= 4 is 38.7 Å². The number of aryl methyl sites for hydroxylation is 1. The van der Waals surface area contributed by atoms with E-state index in [4.69, 9.17) is 4.42 Å². The van der Waals surface area contributed by atoms with Crippen molar-refractivity contribution < 1.29 is 8.98 Å². The summed E-state index contributed by atoms with van der Waals surface area (Å²) in [6.07, 6.45) is 3.95. The van der Waals surface area contributed by atoms with Gasteiger partial charge in [0, 0.05) is 22.8 Å². The minimum Gasteiger partial charge on any atom is -0.455 e. The van der Waals surface area contributed by atoms with Crippen LogP contribution in [0.1, 0.15) is 65.0 Å². The number of aromatic nitrogens is 2. The monoisotopic (exact) mass is 527 g/mol. The van der Waals surface area contributed by atoms with Gasteiger partial charge in [0.05, 0.1) is 0 Å². The molecule has 0 N–H and O–H groups in total. The van der Waals surface area contributed by atoms with E-state index in [9.17, 15) is 0 Å². The van der Waals surface area contributed by atoms with Gasteiger partial charge in [-0.1, -0.05) is 108 Å². The predicted octanol–water partition coefficient (Wildman–Crippen LogP) is 10.0. The van der Waals surface area contributed by atoms with E-state index in [0.29, 0.717) is 0 Å². The Hall–Kier alpha value is -4.11. The van der Waals surface area contributed by atoms with Crippen LogP contribution in [-0.2, 0) is 11.8 Å². The molecule has 0 spiro atoms. The fourth-order valence-corrected chi connectivity index (χ4v) is 6.21. The zero-order chi connectivity index (χ0) is 28.0. The van der Waals surface area contributed by atoms with Gasteiger partial charge in [0.15, 0.2) is 16.6 Å². The average Bonchev–Trinajstić information content (AvgIpc) is 3.49. The van der Waals surface area contributed by atoms with Gasteiger partial charge in [-0.3, -0.25) is 0 Å². The molecule has 3 heteroatoms. The maximum absolute atomic E-state index is 6.75. The third-order valence-corrected chi connectivity index (χ3v) is 7.97. The zero-order valence-electron chi connectivity index (χ0n) is 24.4. The van der Waals surface area contributed by atoms with Gasteiger partial charge >= 0.3 is 5.82 Å². The molecule has 0 saturated carbocycles. The van der Waals surface area contributed by atoms with Crippen LogP contribution in [0.2, 0.25) is 0 Å². The van der Waals surface area contributed by atoms with Gasteiger partial charge in [-0.25, -0.2) is 0 Å². The third kappa shape index (κ3) is 4.16. The molecule has 6 rings (SSSR count). The standard InChI is InChI=1S/C37H39N2O/c1-7-15-25(3)38-31-20-12-13-21-32(31)39(30-19-11-10-18-29(30)37(4,5)6)36(38)34-26(16-8-2)23-24-28-27-17-9-14-22-33(27)40-35(28)34/h9-14,17-24H,3,7-8,15-16H2,1-2,4-6H3/q+1. The van der Waals surface area contributed by atoms with Gasteiger partial charge in [0.25, 0.3) is 0 Å². The first-order valence-electron chi connectivity index (χ1n) is 14.6. The van der Waals surface area contributed by atoms with Gasteiger partial charge in [0.2, 0.25) is 0 Å². The van der Waals surface area contributed by atoms with Crippen LogP contribution < -0.4 is 4.57 Å². The van der Waals surface area contributed by atoms with E-state index >= 15 is 0 Å². The Labute approximate surface area is 237 Å². The topological polar surface area (TPSA) is 21.9 Å².